The van der Waals surface area contributed by atoms with E-state index < -0.39 is 9.84 Å². The summed E-state index contributed by atoms with van der Waals surface area (Å²) in [7, 11) is -3.08. The molecule has 0 aliphatic carbocycles. The normalized spacial score (nSPS) is 20.7. The molecule has 122 valence electrons. The Bertz CT molecular complexity index is 601. The van der Waals surface area contributed by atoms with Gasteiger partial charge in [-0.2, -0.15) is 0 Å². The van der Waals surface area contributed by atoms with Crippen LogP contribution in [0.4, 0.5) is 0 Å². The molecule has 0 spiro atoms. The minimum atomic E-state index is -3.08. The zero-order chi connectivity index (χ0) is 16.2. The maximum absolute atomic E-state index is 12.4. The second-order valence-electron chi connectivity index (χ2n) is 6.12. The molecule has 1 saturated heterocycles. The first-order valence-corrected chi connectivity index (χ1v) is 9.67. The molecular formula is C16H24N2O3S. The predicted molar refractivity (Wildman–Crippen MR) is 87.2 cm³/mol. The van der Waals surface area contributed by atoms with Crippen molar-refractivity contribution in [1.29, 1.82) is 0 Å². The van der Waals surface area contributed by atoms with Gasteiger partial charge >= 0.3 is 0 Å². The van der Waals surface area contributed by atoms with Crippen LogP contribution in [-0.2, 0) is 21.2 Å². The maximum atomic E-state index is 12.4. The molecular weight excluding hydrogens is 300 g/mol. The molecule has 1 fully saturated rings. The van der Waals surface area contributed by atoms with Gasteiger partial charge in [0.2, 0.25) is 5.91 Å². The molecule has 1 aromatic carbocycles. The number of carbonyl (C=O) groups excluding carboxylic acids is 1. The lowest BCUT2D eigenvalue weighted by Gasteiger charge is -2.25. The van der Waals surface area contributed by atoms with E-state index in [-0.39, 0.29) is 23.7 Å². The average Bonchev–Trinajstić information content (AvgIpc) is 2.85. The van der Waals surface area contributed by atoms with Crippen molar-refractivity contribution in [1.82, 2.24) is 10.2 Å². The van der Waals surface area contributed by atoms with E-state index in [1.54, 1.807) is 6.92 Å². The van der Waals surface area contributed by atoms with Gasteiger partial charge in [0.25, 0.3) is 0 Å². The molecule has 2 unspecified atom stereocenters. The summed E-state index contributed by atoms with van der Waals surface area (Å²) in [5, 5.41) is 2.83. The Hall–Kier alpha value is -1.40. The van der Waals surface area contributed by atoms with Gasteiger partial charge in [-0.3, -0.25) is 9.69 Å². The van der Waals surface area contributed by atoms with E-state index in [9.17, 15) is 13.2 Å². The monoisotopic (exact) mass is 324 g/mol. The molecule has 1 heterocycles. The van der Waals surface area contributed by atoms with Gasteiger partial charge in [0.15, 0.2) is 0 Å². The SMILES string of the molecule is CC(CS(C)(=O)=O)NC(=O)C1CCCN1Cc1ccccc1. The lowest BCUT2D eigenvalue weighted by molar-refractivity contribution is -0.126. The Morgan fingerprint density at radius 3 is 2.68 bits per heavy atom. The number of benzene rings is 1. The Labute approximate surface area is 132 Å². The fourth-order valence-corrected chi connectivity index (χ4v) is 3.96. The number of likely N-dealkylation sites (tertiary alicyclic amines) is 1. The molecule has 1 aromatic rings. The predicted octanol–water partition coefficient (Wildman–Crippen LogP) is 1.20. The molecule has 0 bridgehead atoms. The molecule has 22 heavy (non-hydrogen) atoms. The van der Waals surface area contributed by atoms with Gasteiger partial charge in [-0.1, -0.05) is 30.3 Å². The number of carbonyl (C=O) groups is 1. The molecule has 6 heteroatoms. The molecule has 0 aromatic heterocycles. The van der Waals surface area contributed by atoms with E-state index in [2.05, 4.69) is 22.3 Å². The summed E-state index contributed by atoms with van der Waals surface area (Å²) < 4.78 is 22.6. The fourth-order valence-electron chi connectivity index (χ4n) is 2.97. The Morgan fingerprint density at radius 1 is 1.36 bits per heavy atom. The summed E-state index contributed by atoms with van der Waals surface area (Å²) in [5.41, 5.74) is 1.19. The summed E-state index contributed by atoms with van der Waals surface area (Å²) in [4.78, 5) is 14.6. The van der Waals surface area contributed by atoms with Gasteiger partial charge in [-0.05, 0) is 31.9 Å². The fraction of sp³-hybridized carbons (Fsp3) is 0.562. The smallest absolute Gasteiger partial charge is 0.237 e. The van der Waals surface area contributed by atoms with E-state index in [1.807, 2.05) is 18.2 Å². The minimum absolute atomic E-state index is 0.0237. The van der Waals surface area contributed by atoms with E-state index in [0.29, 0.717) is 0 Å². The molecule has 1 N–H and O–H groups in total. The van der Waals surface area contributed by atoms with Gasteiger partial charge in [0.05, 0.1) is 11.8 Å². The first-order valence-electron chi connectivity index (χ1n) is 7.61. The number of hydrogen-bond acceptors (Lipinski definition) is 4. The van der Waals surface area contributed by atoms with E-state index in [4.69, 9.17) is 0 Å². The number of sulfone groups is 1. The van der Waals surface area contributed by atoms with Gasteiger partial charge in [-0.25, -0.2) is 8.42 Å². The van der Waals surface area contributed by atoms with Gasteiger partial charge < -0.3 is 5.32 Å². The van der Waals surface area contributed by atoms with Crippen LogP contribution in [0.5, 0.6) is 0 Å². The number of nitrogens with zero attached hydrogens (tertiary/aromatic N) is 1. The van der Waals surface area contributed by atoms with Gasteiger partial charge in [0.1, 0.15) is 9.84 Å². The van der Waals surface area contributed by atoms with Crippen LogP contribution >= 0.6 is 0 Å². The summed E-state index contributed by atoms with van der Waals surface area (Å²) in [6, 6.07) is 9.55. The highest BCUT2D eigenvalue weighted by molar-refractivity contribution is 7.90. The summed E-state index contributed by atoms with van der Waals surface area (Å²) >= 11 is 0. The molecule has 2 rings (SSSR count). The van der Waals surface area contributed by atoms with Crippen molar-refractivity contribution in [3.63, 3.8) is 0 Å². The highest BCUT2D eigenvalue weighted by atomic mass is 32.2. The number of nitrogens with one attached hydrogen (secondary N) is 1. The van der Waals surface area contributed by atoms with Crippen LogP contribution in [0, 0.1) is 0 Å². The summed E-state index contributed by atoms with van der Waals surface area (Å²) in [5.74, 6) is -0.0889. The molecule has 1 aliphatic rings. The molecule has 0 radical (unpaired) electrons. The van der Waals surface area contributed by atoms with Crippen molar-refractivity contribution in [3.8, 4) is 0 Å². The lowest BCUT2D eigenvalue weighted by atomic mass is 10.1. The standard InChI is InChI=1S/C16H24N2O3S/c1-13(12-22(2,20)21)17-16(19)15-9-6-10-18(15)11-14-7-4-3-5-8-14/h3-5,7-8,13,15H,6,9-12H2,1-2H3,(H,17,19). The second kappa shape index (κ2) is 7.24. The van der Waals surface area contributed by atoms with Crippen LogP contribution < -0.4 is 5.32 Å². The first-order chi connectivity index (χ1) is 10.3. The molecule has 1 amide bonds. The highest BCUT2D eigenvalue weighted by Crippen LogP contribution is 2.20. The molecule has 5 nitrogen and oxygen atoms in total. The van der Waals surface area contributed by atoms with Crippen molar-refractivity contribution in [2.75, 3.05) is 18.6 Å². The van der Waals surface area contributed by atoms with E-state index in [1.165, 1.54) is 11.8 Å². The van der Waals surface area contributed by atoms with Gasteiger partial charge in [0, 0.05) is 18.8 Å². The zero-order valence-electron chi connectivity index (χ0n) is 13.2. The van der Waals surface area contributed by atoms with E-state index >= 15 is 0 Å². The van der Waals surface area contributed by atoms with Gasteiger partial charge in [-0.15, -0.1) is 0 Å². The second-order valence-corrected chi connectivity index (χ2v) is 8.30. The van der Waals surface area contributed by atoms with Crippen molar-refractivity contribution in [2.45, 2.75) is 38.4 Å². The lowest BCUT2D eigenvalue weighted by Crippen LogP contribution is -2.47. The largest absolute Gasteiger partial charge is 0.351 e. The highest BCUT2D eigenvalue weighted by Gasteiger charge is 2.31. The van der Waals surface area contributed by atoms with Crippen LogP contribution in [0.25, 0.3) is 0 Å². The topological polar surface area (TPSA) is 66.5 Å². The molecule has 1 aliphatic heterocycles. The third kappa shape index (κ3) is 5.10. The van der Waals surface area contributed by atoms with Crippen molar-refractivity contribution < 1.29 is 13.2 Å². The number of amides is 1. The maximum Gasteiger partial charge on any atom is 0.237 e. The minimum Gasteiger partial charge on any atom is -0.351 e. The van der Waals surface area contributed by atoms with Crippen LogP contribution in [0.15, 0.2) is 30.3 Å². The van der Waals surface area contributed by atoms with Crippen molar-refractivity contribution in [3.05, 3.63) is 35.9 Å². The third-order valence-corrected chi connectivity index (χ3v) is 4.94. The average molecular weight is 324 g/mol. The first kappa shape index (κ1) is 17.0. The number of hydrogen-bond donors (Lipinski definition) is 1. The number of rotatable bonds is 6. The Kier molecular flexibility index (Phi) is 5.58. The van der Waals surface area contributed by atoms with Crippen LogP contribution in [-0.4, -0.2) is 49.9 Å². The van der Waals surface area contributed by atoms with Crippen molar-refractivity contribution >= 4 is 15.7 Å². The molecule has 2 atom stereocenters. The quantitative estimate of drug-likeness (QED) is 0.854. The Morgan fingerprint density at radius 2 is 2.05 bits per heavy atom. The summed E-state index contributed by atoms with van der Waals surface area (Å²) in [6.45, 7) is 3.38. The zero-order valence-corrected chi connectivity index (χ0v) is 14.0. The molecule has 0 saturated carbocycles. The Balaban J connectivity index is 1.93. The third-order valence-electron chi connectivity index (χ3n) is 3.84. The van der Waals surface area contributed by atoms with Crippen LogP contribution in [0.1, 0.15) is 25.3 Å². The van der Waals surface area contributed by atoms with E-state index in [0.717, 1.165) is 25.9 Å². The van der Waals surface area contributed by atoms with Crippen LogP contribution in [0.3, 0.4) is 0 Å². The van der Waals surface area contributed by atoms with Crippen LogP contribution in [0.2, 0.25) is 0 Å². The van der Waals surface area contributed by atoms with Crippen molar-refractivity contribution in [2.24, 2.45) is 0 Å². The summed E-state index contributed by atoms with van der Waals surface area (Å²) in [6.07, 6.45) is 3.00.